The normalized spacial score (nSPS) is 36.6. The van der Waals surface area contributed by atoms with Gasteiger partial charge in [-0.25, -0.2) is 17.5 Å². The van der Waals surface area contributed by atoms with Gasteiger partial charge in [-0.1, -0.05) is 12.1 Å². The lowest BCUT2D eigenvalue weighted by Crippen LogP contribution is -2.42. The minimum Gasteiger partial charge on any atom is -0.370 e. The minimum absolute atomic E-state index is 0.131. The summed E-state index contributed by atoms with van der Waals surface area (Å²) in [5.41, 5.74) is 0.843. The van der Waals surface area contributed by atoms with Crippen molar-refractivity contribution >= 4 is 10.0 Å². The summed E-state index contributed by atoms with van der Waals surface area (Å²) in [6, 6.07) is 6.75. The van der Waals surface area contributed by atoms with Crippen LogP contribution in [0.15, 0.2) is 24.3 Å². The van der Waals surface area contributed by atoms with Crippen molar-refractivity contribution in [3.63, 3.8) is 0 Å². The van der Waals surface area contributed by atoms with Crippen molar-refractivity contribution in [2.24, 2.45) is 11.8 Å². The van der Waals surface area contributed by atoms with Gasteiger partial charge in [0, 0.05) is 38.0 Å². The Kier molecular flexibility index (Phi) is 3.94. The highest BCUT2D eigenvalue weighted by molar-refractivity contribution is 7.90. The standard InChI is InChI=1S/C19H25FN2O3S/c20-14-3-1-2-13(8-14)10-22-11-17-16(9-21-26(23,24)15-4-5-15)18-6-7-19(17,12-22)25-18/h1-3,8,15-18,21H,4-7,9-12H2/t16-,17+,18+,19+/m0/s1. The minimum atomic E-state index is -3.15. The van der Waals surface area contributed by atoms with Crippen molar-refractivity contribution < 1.29 is 17.5 Å². The van der Waals surface area contributed by atoms with Crippen LogP contribution in [0.3, 0.4) is 0 Å². The second-order valence-corrected chi connectivity index (χ2v) is 10.5. The van der Waals surface area contributed by atoms with Crippen LogP contribution < -0.4 is 4.72 Å². The highest BCUT2D eigenvalue weighted by Gasteiger charge is 2.62. The van der Waals surface area contributed by atoms with Gasteiger partial charge in [0.05, 0.1) is 17.0 Å². The number of likely N-dealkylation sites (tertiary alicyclic amines) is 1. The Morgan fingerprint density at radius 3 is 2.92 bits per heavy atom. The SMILES string of the molecule is O=S(=O)(NC[C@H]1[C@H]2CN(Cc3cccc(F)c3)C[C@]23CC[C@H]1O3)C1CC1. The Morgan fingerprint density at radius 2 is 2.15 bits per heavy atom. The first-order chi connectivity index (χ1) is 12.5. The van der Waals surface area contributed by atoms with Crippen LogP contribution in [0.25, 0.3) is 0 Å². The first kappa shape index (κ1) is 17.1. The summed E-state index contributed by atoms with van der Waals surface area (Å²) < 4.78 is 47.1. The van der Waals surface area contributed by atoms with E-state index in [4.69, 9.17) is 4.74 Å². The molecular formula is C19H25FN2O3S. The van der Waals surface area contributed by atoms with Crippen LogP contribution in [0.5, 0.6) is 0 Å². The molecule has 1 aromatic carbocycles. The van der Waals surface area contributed by atoms with E-state index in [-0.39, 0.29) is 28.7 Å². The third-order valence-electron chi connectivity index (χ3n) is 6.63. The molecule has 2 bridgehead atoms. The number of fused-ring (bicyclic) bond motifs is 1. The van der Waals surface area contributed by atoms with E-state index < -0.39 is 10.0 Å². The van der Waals surface area contributed by atoms with Crippen LogP contribution >= 0.6 is 0 Å². The lowest BCUT2D eigenvalue weighted by Gasteiger charge is -2.29. The van der Waals surface area contributed by atoms with Crippen LogP contribution in [0.4, 0.5) is 4.39 Å². The van der Waals surface area contributed by atoms with Crippen LogP contribution in [-0.2, 0) is 21.3 Å². The highest BCUT2D eigenvalue weighted by Crippen LogP contribution is 2.54. The predicted octanol–water partition coefficient (Wildman–Crippen LogP) is 1.89. The molecule has 0 radical (unpaired) electrons. The summed E-state index contributed by atoms with van der Waals surface area (Å²) in [6.07, 6.45) is 3.82. The van der Waals surface area contributed by atoms with Crippen molar-refractivity contribution in [1.29, 1.82) is 0 Å². The van der Waals surface area contributed by atoms with Gasteiger partial charge in [0.25, 0.3) is 0 Å². The molecule has 0 aromatic heterocycles. The van der Waals surface area contributed by atoms with Crippen LogP contribution in [-0.4, -0.2) is 49.9 Å². The van der Waals surface area contributed by atoms with E-state index in [1.54, 1.807) is 12.1 Å². The van der Waals surface area contributed by atoms with E-state index in [1.807, 2.05) is 6.07 Å². The fourth-order valence-electron chi connectivity index (χ4n) is 5.28. The van der Waals surface area contributed by atoms with E-state index in [9.17, 15) is 12.8 Å². The topological polar surface area (TPSA) is 58.6 Å². The Balaban J connectivity index is 1.27. The van der Waals surface area contributed by atoms with Crippen LogP contribution in [0.2, 0.25) is 0 Å². The van der Waals surface area contributed by atoms with Gasteiger partial charge in [0.15, 0.2) is 0 Å². The number of nitrogens with zero attached hydrogens (tertiary/aromatic N) is 1. The maximum atomic E-state index is 13.5. The molecule has 3 heterocycles. The number of ether oxygens (including phenoxy) is 1. The molecule has 0 unspecified atom stereocenters. The van der Waals surface area contributed by atoms with Gasteiger partial charge < -0.3 is 4.74 Å². The third kappa shape index (κ3) is 2.89. The Bertz CT molecular complexity index is 813. The summed E-state index contributed by atoms with van der Waals surface area (Å²) in [5.74, 6) is 0.399. The number of nitrogens with one attached hydrogen (secondary N) is 1. The number of hydrogen-bond acceptors (Lipinski definition) is 4. The van der Waals surface area contributed by atoms with Gasteiger partial charge in [-0.3, -0.25) is 4.90 Å². The molecule has 4 atom stereocenters. The molecule has 142 valence electrons. The van der Waals surface area contributed by atoms with Crippen molar-refractivity contribution in [3.05, 3.63) is 35.6 Å². The highest BCUT2D eigenvalue weighted by atomic mass is 32.2. The van der Waals surface area contributed by atoms with Crippen molar-refractivity contribution in [3.8, 4) is 0 Å². The molecule has 26 heavy (non-hydrogen) atoms. The van der Waals surface area contributed by atoms with Gasteiger partial charge in [-0.2, -0.15) is 0 Å². The molecule has 3 saturated heterocycles. The Morgan fingerprint density at radius 1 is 1.31 bits per heavy atom. The zero-order valence-electron chi connectivity index (χ0n) is 14.7. The number of sulfonamides is 1. The van der Waals surface area contributed by atoms with Gasteiger partial charge in [-0.15, -0.1) is 0 Å². The molecule has 5 rings (SSSR count). The Labute approximate surface area is 154 Å². The zero-order valence-corrected chi connectivity index (χ0v) is 15.6. The monoisotopic (exact) mass is 380 g/mol. The van der Waals surface area contributed by atoms with Gasteiger partial charge in [-0.05, 0) is 43.4 Å². The summed E-state index contributed by atoms with van der Waals surface area (Å²) in [5, 5.41) is -0.177. The molecule has 1 N–H and O–H groups in total. The molecule has 1 spiro atoms. The van der Waals surface area contributed by atoms with E-state index in [2.05, 4.69) is 9.62 Å². The smallest absolute Gasteiger partial charge is 0.214 e. The maximum absolute atomic E-state index is 13.5. The summed E-state index contributed by atoms with van der Waals surface area (Å²) in [6.45, 7) is 2.95. The van der Waals surface area contributed by atoms with Crippen molar-refractivity contribution in [1.82, 2.24) is 9.62 Å². The molecule has 1 aromatic rings. The molecule has 4 fully saturated rings. The fraction of sp³-hybridized carbons (Fsp3) is 0.684. The number of halogens is 1. The molecule has 5 nitrogen and oxygen atoms in total. The number of hydrogen-bond donors (Lipinski definition) is 1. The van der Waals surface area contributed by atoms with Gasteiger partial charge in [0.1, 0.15) is 5.82 Å². The van der Waals surface area contributed by atoms with Gasteiger partial charge >= 0.3 is 0 Å². The Hall–Kier alpha value is -1.02. The lowest BCUT2D eigenvalue weighted by atomic mass is 9.74. The number of benzene rings is 1. The lowest BCUT2D eigenvalue weighted by molar-refractivity contribution is 0.00219. The average molecular weight is 380 g/mol. The van der Waals surface area contributed by atoms with Crippen molar-refractivity contribution in [2.75, 3.05) is 19.6 Å². The fourth-order valence-corrected chi connectivity index (χ4v) is 6.70. The first-order valence-electron chi connectivity index (χ1n) is 9.58. The number of rotatable bonds is 6. The van der Waals surface area contributed by atoms with E-state index >= 15 is 0 Å². The summed E-state index contributed by atoms with van der Waals surface area (Å²) in [4.78, 5) is 2.34. The third-order valence-corrected chi connectivity index (χ3v) is 8.55. The molecule has 7 heteroatoms. The van der Waals surface area contributed by atoms with Crippen LogP contribution in [0.1, 0.15) is 31.2 Å². The largest absolute Gasteiger partial charge is 0.370 e. The summed E-state index contributed by atoms with van der Waals surface area (Å²) >= 11 is 0. The van der Waals surface area contributed by atoms with Crippen LogP contribution in [0, 0.1) is 17.7 Å². The second-order valence-electron chi connectivity index (χ2n) is 8.42. The predicted molar refractivity (Wildman–Crippen MR) is 95.4 cm³/mol. The first-order valence-corrected chi connectivity index (χ1v) is 11.1. The molecule has 0 amide bonds. The van der Waals surface area contributed by atoms with E-state index in [0.29, 0.717) is 19.0 Å². The molecule has 3 aliphatic heterocycles. The second kappa shape index (κ2) is 5.99. The van der Waals surface area contributed by atoms with Crippen molar-refractivity contribution in [2.45, 2.75) is 49.2 Å². The zero-order chi connectivity index (χ0) is 17.9. The van der Waals surface area contributed by atoms with E-state index in [1.165, 1.54) is 6.07 Å². The molecular weight excluding hydrogens is 355 g/mol. The molecule has 4 aliphatic rings. The summed E-state index contributed by atoms with van der Waals surface area (Å²) in [7, 11) is -3.15. The molecule has 1 aliphatic carbocycles. The average Bonchev–Trinajstić information content (AvgIpc) is 3.22. The molecule has 1 saturated carbocycles. The quantitative estimate of drug-likeness (QED) is 0.819. The maximum Gasteiger partial charge on any atom is 0.214 e. The van der Waals surface area contributed by atoms with Gasteiger partial charge in [0.2, 0.25) is 10.0 Å². The van der Waals surface area contributed by atoms with E-state index in [0.717, 1.165) is 44.3 Å².